The van der Waals surface area contributed by atoms with Gasteiger partial charge in [-0.05, 0) is 36.1 Å². The number of likely N-dealkylation sites (tertiary alicyclic amines) is 1. The van der Waals surface area contributed by atoms with Crippen LogP contribution < -0.4 is 5.14 Å². The average molecular weight is 348 g/mol. The van der Waals surface area contributed by atoms with Crippen molar-refractivity contribution in [2.75, 3.05) is 18.8 Å². The van der Waals surface area contributed by atoms with Gasteiger partial charge in [-0.3, -0.25) is 9.48 Å². The molecule has 2 N–H and O–H groups in total. The van der Waals surface area contributed by atoms with Crippen molar-refractivity contribution in [3.8, 4) is 0 Å². The molecular weight excluding hydrogens is 328 g/mol. The van der Waals surface area contributed by atoms with Crippen LogP contribution in [0.25, 0.3) is 0 Å². The highest BCUT2D eigenvalue weighted by Crippen LogP contribution is 2.20. The summed E-state index contributed by atoms with van der Waals surface area (Å²) in [6.07, 6.45) is 4.28. The molecule has 0 bridgehead atoms. The summed E-state index contributed by atoms with van der Waals surface area (Å²) in [7, 11) is -3.50. The zero-order valence-electron chi connectivity index (χ0n) is 13.2. The second-order valence-corrected chi connectivity index (χ2v) is 7.80. The number of sulfonamides is 1. The first-order valence-electron chi connectivity index (χ1n) is 7.77. The summed E-state index contributed by atoms with van der Waals surface area (Å²) >= 11 is 0. The second kappa shape index (κ2) is 6.74. The van der Waals surface area contributed by atoms with Crippen LogP contribution in [0.4, 0.5) is 0 Å². The number of amides is 1. The lowest BCUT2D eigenvalue weighted by Gasteiger charge is -2.16. The van der Waals surface area contributed by atoms with Crippen LogP contribution in [-0.4, -0.2) is 47.8 Å². The van der Waals surface area contributed by atoms with Crippen molar-refractivity contribution in [1.29, 1.82) is 0 Å². The Labute approximate surface area is 141 Å². The predicted octanol–water partition coefficient (Wildman–Crippen LogP) is 0.682. The number of carbonyl (C=O) groups is 1. The fourth-order valence-corrected chi connectivity index (χ4v) is 3.93. The molecule has 1 aliphatic rings. The molecule has 1 fully saturated rings. The average Bonchev–Trinajstić information content (AvgIpc) is 3.17. The summed E-state index contributed by atoms with van der Waals surface area (Å²) in [6, 6.07) is 9.28. The van der Waals surface area contributed by atoms with Gasteiger partial charge in [0.2, 0.25) is 10.0 Å². The second-order valence-electron chi connectivity index (χ2n) is 6.14. The van der Waals surface area contributed by atoms with Crippen LogP contribution in [0.5, 0.6) is 0 Å². The van der Waals surface area contributed by atoms with Crippen LogP contribution in [0.1, 0.15) is 22.3 Å². The number of rotatable bonds is 5. The first-order chi connectivity index (χ1) is 11.4. The molecule has 1 atom stereocenters. The molecule has 1 saturated heterocycles. The van der Waals surface area contributed by atoms with Gasteiger partial charge < -0.3 is 4.90 Å². The normalized spacial score (nSPS) is 18.0. The minimum absolute atomic E-state index is 0.0699. The lowest BCUT2D eigenvalue weighted by atomic mass is 10.1. The van der Waals surface area contributed by atoms with Crippen molar-refractivity contribution < 1.29 is 13.2 Å². The fraction of sp³-hybridized carbons (Fsp3) is 0.375. The van der Waals surface area contributed by atoms with Gasteiger partial charge in [-0.25, -0.2) is 13.6 Å². The lowest BCUT2D eigenvalue weighted by Crippen LogP contribution is -2.30. The predicted molar refractivity (Wildman–Crippen MR) is 89.8 cm³/mol. The van der Waals surface area contributed by atoms with E-state index >= 15 is 0 Å². The molecule has 1 aromatic carbocycles. The summed E-state index contributed by atoms with van der Waals surface area (Å²) in [5.41, 5.74) is 1.67. The molecule has 1 unspecified atom stereocenters. The summed E-state index contributed by atoms with van der Waals surface area (Å²) in [5.74, 6) is -0.222. The Morgan fingerprint density at radius 2 is 2.04 bits per heavy atom. The minimum atomic E-state index is -3.50. The number of nitrogens with two attached hydrogens (primary N) is 1. The monoisotopic (exact) mass is 348 g/mol. The van der Waals surface area contributed by atoms with E-state index in [9.17, 15) is 13.2 Å². The molecule has 128 valence electrons. The smallest absolute Gasteiger partial charge is 0.253 e. The van der Waals surface area contributed by atoms with E-state index in [0.29, 0.717) is 31.6 Å². The summed E-state index contributed by atoms with van der Waals surface area (Å²) < 4.78 is 24.2. The molecule has 1 amide bonds. The van der Waals surface area contributed by atoms with Gasteiger partial charge in [0, 0.05) is 31.0 Å². The van der Waals surface area contributed by atoms with Crippen LogP contribution in [-0.2, 0) is 16.6 Å². The van der Waals surface area contributed by atoms with Gasteiger partial charge in [0.1, 0.15) is 0 Å². The Hall–Kier alpha value is -2.19. The third-order valence-electron chi connectivity index (χ3n) is 4.15. The Morgan fingerprint density at radius 3 is 2.67 bits per heavy atom. The van der Waals surface area contributed by atoms with Crippen LogP contribution in [0, 0.1) is 5.92 Å². The van der Waals surface area contributed by atoms with E-state index in [4.69, 9.17) is 5.14 Å². The highest BCUT2D eigenvalue weighted by molar-refractivity contribution is 7.89. The maximum atomic E-state index is 12.5. The van der Waals surface area contributed by atoms with Crippen molar-refractivity contribution in [2.45, 2.75) is 13.0 Å². The maximum Gasteiger partial charge on any atom is 0.253 e. The maximum absolute atomic E-state index is 12.5. The van der Waals surface area contributed by atoms with Crippen molar-refractivity contribution in [3.05, 3.63) is 53.9 Å². The van der Waals surface area contributed by atoms with Gasteiger partial charge in [-0.15, -0.1) is 0 Å². The molecule has 0 spiro atoms. The lowest BCUT2D eigenvalue weighted by molar-refractivity contribution is 0.0788. The molecule has 8 heteroatoms. The molecule has 0 saturated carbocycles. The molecule has 2 heterocycles. The van der Waals surface area contributed by atoms with Crippen LogP contribution in [0.3, 0.4) is 0 Å². The quantitative estimate of drug-likeness (QED) is 0.859. The van der Waals surface area contributed by atoms with E-state index in [-0.39, 0.29) is 17.6 Å². The van der Waals surface area contributed by atoms with E-state index in [1.165, 1.54) is 0 Å². The summed E-state index contributed by atoms with van der Waals surface area (Å²) in [6.45, 7) is 1.65. The first-order valence-corrected chi connectivity index (χ1v) is 9.48. The number of hydrogen-bond donors (Lipinski definition) is 1. The van der Waals surface area contributed by atoms with Crippen LogP contribution in [0.2, 0.25) is 0 Å². The van der Waals surface area contributed by atoms with E-state index in [0.717, 1.165) is 5.56 Å². The Morgan fingerprint density at radius 1 is 1.29 bits per heavy atom. The van der Waals surface area contributed by atoms with E-state index < -0.39 is 10.0 Å². The molecule has 1 aliphatic heterocycles. The Bertz CT molecular complexity index is 800. The van der Waals surface area contributed by atoms with Gasteiger partial charge in [0.15, 0.2) is 0 Å². The first kappa shape index (κ1) is 16.7. The molecule has 2 aromatic rings. The number of hydrogen-bond acceptors (Lipinski definition) is 4. The molecule has 0 radical (unpaired) electrons. The van der Waals surface area contributed by atoms with Crippen molar-refractivity contribution in [3.63, 3.8) is 0 Å². The largest absolute Gasteiger partial charge is 0.338 e. The molecular formula is C16H20N4O3S. The van der Waals surface area contributed by atoms with E-state index in [1.807, 2.05) is 29.1 Å². The number of carbonyl (C=O) groups excluding carboxylic acids is 1. The molecule has 0 aliphatic carbocycles. The number of benzene rings is 1. The fourth-order valence-electron chi connectivity index (χ4n) is 3.00. The standard InChI is InChI=1S/C16H20N4O3S/c17-24(22,23)12-14-6-9-19(10-14)16(21)15-4-2-13(3-5-15)11-20-8-1-7-18-20/h1-5,7-8,14H,6,9-12H2,(H2,17,22,23). The van der Waals surface area contributed by atoms with Gasteiger partial charge >= 0.3 is 0 Å². The van der Waals surface area contributed by atoms with E-state index in [1.54, 1.807) is 23.2 Å². The number of nitrogens with zero attached hydrogens (tertiary/aromatic N) is 3. The SMILES string of the molecule is NS(=O)(=O)CC1CCN(C(=O)c2ccc(Cn3cccn3)cc2)C1. The third kappa shape index (κ3) is 4.21. The topological polar surface area (TPSA) is 98.3 Å². The Balaban J connectivity index is 1.61. The van der Waals surface area contributed by atoms with Crippen LogP contribution >= 0.6 is 0 Å². The molecule has 1 aromatic heterocycles. The summed E-state index contributed by atoms with van der Waals surface area (Å²) in [5, 5.41) is 9.23. The van der Waals surface area contributed by atoms with Crippen molar-refractivity contribution in [1.82, 2.24) is 14.7 Å². The third-order valence-corrected chi connectivity index (χ3v) is 5.08. The van der Waals surface area contributed by atoms with Crippen LogP contribution in [0.15, 0.2) is 42.7 Å². The molecule has 3 rings (SSSR count). The van der Waals surface area contributed by atoms with Gasteiger partial charge in [-0.2, -0.15) is 5.10 Å². The van der Waals surface area contributed by atoms with Gasteiger partial charge in [0.05, 0.1) is 12.3 Å². The highest BCUT2D eigenvalue weighted by Gasteiger charge is 2.29. The summed E-state index contributed by atoms with van der Waals surface area (Å²) in [4.78, 5) is 14.2. The number of aromatic nitrogens is 2. The minimum Gasteiger partial charge on any atom is -0.338 e. The van der Waals surface area contributed by atoms with Gasteiger partial charge in [-0.1, -0.05) is 12.1 Å². The molecule has 7 nitrogen and oxygen atoms in total. The zero-order valence-corrected chi connectivity index (χ0v) is 14.0. The highest BCUT2D eigenvalue weighted by atomic mass is 32.2. The van der Waals surface area contributed by atoms with Crippen molar-refractivity contribution in [2.24, 2.45) is 11.1 Å². The number of primary sulfonamides is 1. The molecule has 24 heavy (non-hydrogen) atoms. The van der Waals surface area contributed by atoms with Gasteiger partial charge in [0.25, 0.3) is 5.91 Å². The Kier molecular flexibility index (Phi) is 4.68. The van der Waals surface area contributed by atoms with E-state index in [2.05, 4.69) is 5.10 Å². The zero-order chi connectivity index (χ0) is 17.2. The van der Waals surface area contributed by atoms with Crippen molar-refractivity contribution >= 4 is 15.9 Å².